The number of nitrogens with one attached hydrogen (secondary N) is 2. The standard InChI is InChI=1S/C18H23N5O2/c1-3-12(2)20-18-21-15(13-8-9-13)10-17(22-18)19-11-14-6-4-5-7-16(14)23(24)25/h4-7,10,12-13H,3,8-9,11H2,1-2H3,(H2,19,20,21,22)/t12-/m1/s1. The van der Waals surface area contributed by atoms with E-state index in [1.165, 1.54) is 6.07 Å². The first-order valence-electron chi connectivity index (χ1n) is 8.68. The maximum Gasteiger partial charge on any atom is 0.274 e. The van der Waals surface area contributed by atoms with Crippen LogP contribution in [0.2, 0.25) is 0 Å². The zero-order valence-electron chi connectivity index (χ0n) is 14.5. The number of para-hydroxylation sites is 1. The molecule has 3 rings (SSSR count). The third-order valence-corrected chi connectivity index (χ3v) is 4.38. The van der Waals surface area contributed by atoms with Gasteiger partial charge in [-0.25, -0.2) is 4.98 Å². The minimum atomic E-state index is -0.359. The van der Waals surface area contributed by atoms with E-state index in [0.717, 1.165) is 25.0 Å². The summed E-state index contributed by atoms with van der Waals surface area (Å²) in [6, 6.07) is 8.99. The molecule has 0 saturated heterocycles. The Morgan fingerprint density at radius 3 is 2.76 bits per heavy atom. The van der Waals surface area contributed by atoms with Crippen LogP contribution in [0.1, 0.15) is 50.3 Å². The van der Waals surface area contributed by atoms with Gasteiger partial charge in [-0.15, -0.1) is 0 Å². The summed E-state index contributed by atoms with van der Waals surface area (Å²) >= 11 is 0. The smallest absolute Gasteiger partial charge is 0.274 e. The second-order valence-electron chi connectivity index (χ2n) is 6.47. The molecule has 2 N–H and O–H groups in total. The number of benzene rings is 1. The van der Waals surface area contributed by atoms with Gasteiger partial charge in [0.25, 0.3) is 5.69 Å². The fraction of sp³-hybridized carbons (Fsp3) is 0.444. The second kappa shape index (κ2) is 7.46. The number of rotatable bonds is 8. The van der Waals surface area contributed by atoms with E-state index >= 15 is 0 Å². The molecule has 25 heavy (non-hydrogen) atoms. The van der Waals surface area contributed by atoms with Crippen LogP contribution in [0, 0.1) is 10.1 Å². The van der Waals surface area contributed by atoms with Gasteiger partial charge in [0.05, 0.1) is 10.6 Å². The summed E-state index contributed by atoms with van der Waals surface area (Å²) < 4.78 is 0. The molecular formula is C18H23N5O2. The summed E-state index contributed by atoms with van der Waals surface area (Å²) in [6.45, 7) is 4.55. The van der Waals surface area contributed by atoms with Crippen molar-refractivity contribution in [1.82, 2.24) is 9.97 Å². The van der Waals surface area contributed by atoms with E-state index in [0.29, 0.717) is 29.8 Å². The lowest BCUT2D eigenvalue weighted by atomic mass is 10.2. The fourth-order valence-electron chi connectivity index (χ4n) is 2.56. The van der Waals surface area contributed by atoms with Gasteiger partial charge in [0.1, 0.15) is 5.82 Å². The highest BCUT2D eigenvalue weighted by Crippen LogP contribution is 2.40. The lowest BCUT2D eigenvalue weighted by molar-refractivity contribution is -0.385. The van der Waals surface area contributed by atoms with E-state index in [1.54, 1.807) is 18.2 Å². The Balaban J connectivity index is 1.78. The average Bonchev–Trinajstić information content (AvgIpc) is 3.45. The third-order valence-electron chi connectivity index (χ3n) is 4.38. The van der Waals surface area contributed by atoms with E-state index in [-0.39, 0.29) is 16.7 Å². The highest BCUT2D eigenvalue weighted by molar-refractivity contribution is 5.47. The summed E-state index contributed by atoms with van der Waals surface area (Å²) in [6.07, 6.45) is 3.29. The molecule has 1 aliphatic carbocycles. The Morgan fingerprint density at radius 1 is 1.32 bits per heavy atom. The molecule has 7 heteroatoms. The summed E-state index contributed by atoms with van der Waals surface area (Å²) in [5.41, 5.74) is 1.78. The topological polar surface area (TPSA) is 93.0 Å². The predicted octanol–water partition coefficient (Wildman–Crippen LogP) is 4.08. The molecule has 0 spiro atoms. The molecule has 1 saturated carbocycles. The van der Waals surface area contributed by atoms with Gasteiger partial charge in [-0.1, -0.05) is 25.1 Å². The number of aromatic nitrogens is 2. The molecular weight excluding hydrogens is 318 g/mol. The molecule has 0 aliphatic heterocycles. The highest BCUT2D eigenvalue weighted by Gasteiger charge is 2.26. The third kappa shape index (κ3) is 4.43. The molecule has 0 bridgehead atoms. The number of nitro benzene ring substituents is 1. The van der Waals surface area contributed by atoms with Crippen LogP contribution >= 0.6 is 0 Å². The molecule has 1 aromatic heterocycles. The predicted molar refractivity (Wildman–Crippen MR) is 97.8 cm³/mol. The first kappa shape index (κ1) is 17.1. The Bertz CT molecular complexity index is 761. The largest absolute Gasteiger partial charge is 0.366 e. The van der Waals surface area contributed by atoms with Gasteiger partial charge in [-0.2, -0.15) is 4.98 Å². The van der Waals surface area contributed by atoms with Crippen LogP contribution in [0.15, 0.2) is 30.3 Å². The highest BCUT2D eigenvalue weighted by atomic mass is 16.6. The fourth-order valence-corrected chi connectivity index (χ4v) is 2.56. The molecule has 0 unspecified atom stereocenters. The minimum Gasteiger partial charge on any atom is -0.366 e. The van der Waals surface area contributed by atoms with E-state index in [9.17, 15) is 10.1 Å². The summed E-state index contributed by atoms with van der Waals surface area (Å²) in [5.74, 6) is 1.82. The quantitative estimate of drug-likeness (QED) is 0.555. The van der Waals surface area contributed by atoms with E-state index < -0.39 is 0 Å². The van der Waals surface area contributed by atoms with Crippen LogP contribution in [0.4, 0.5) is 17.5 Å². The van der Waals surface area contributed by atoms with Crippen molar-refractivity contribution in [2.45, 2.75) is 51.6 Å². The van der Waals surface area contributed by atoms with Gasteiger partial charge in [-0.3, -0.25) is 10.1 Å². The molecule has 1 aromatic carbocycles. The lowest BCUT2D eigenvalue weighted by Crippen LogP contribution is -2.17. The molecule has 0 radical (unpaired) electrons. The van der Waals surface area contributed by atoms with Gasteiger partial charge < -0.3 is 10.6 Å². The molecule has 132 valence electrons. The number of hydrogen-bond acceptors (Lipinski definition) is 6. The number of anilines is 2. The first-order chi connectivity index (χ1) is 12.1. The number of hydrogen-bond donors (Lipinski definition) is 2. The first-order valence-corrected chi connectivity index (χ1v) is 8.68. The Labute approximate surface area is 147 Å². The van der Waals surface area contributed by atoms with Crippen LogP contribution in [-0.4, -0.2) is 20.9 Å². The lowest BCUT2D eigenvalue weighted by Gasteiger charge is -2.14. The molecule has 1 heterocycles. The number of nitrogens with zero attached hydrogens (tertiary/aromatic N) is 3. The molecule has 7 nitrogen and oxygen atoms in total. The molecule has 1 aliphatic rings. The monoisotopic (exact) mass is 341 g/mol. The van der Waals surface area contributed by atoms with Crippen LogP contribution in [-0.2, 0) is 6.54 Å². The Morgan fingerprint density at radius 2 is 2.08 bits per heavy atom. The SMILES string of the molecule is CC[C@@H](C)Nc1nc(NCc2ccccc2[N+](=O)[O-])cc(C2CC2)n1. The van der Waals surface area contributed by atoms with Crippen molar-refractivity contribution in [3.8, 4) is 0 Å². The summed E-state index contributed by atoms with van der Waals surface area (Å²) in [4.78, 5) is 19.9. The Kier molecular flexibility index (Phi) is 5.11. The zero-order chi connectivity index (χ0) is 17.8. The Hall–Kier alpha value is -2.70. The van der Waals surface area contributed by atoms with Crippen molar-refractivity contribution in [1.29, 1.82) is 0 Å². The van der Waals surface area contributed by atoms with Crippen LogP contribution < -0.4 is 10.6 Å². The molecule has 2 aromatic rings. The van der Waals surface area contributed by atoms with Gasteiger partial charge in [0.15, 0.2) is 0 Å². The normalized spacial score (nSPS) is 14.8. The number of nitro groups is 1. The van der Waals surface area contributed by atoms with Crippen LogP contribution in [0.3, 0.4) is 0 Å². The minimum absolute atomic E-state index is 0.115. The molecule has 1 fully saturated rings. The van der Waals surface area contributed by atoms with Crippen molar-refractivity contribution >= 4 is 17.5 Å². The van der Waals surface area contributed by atoms with Crippen molar-refractivity contribution in [3.05, 3.63) is 51.7 Å². The van der Waals surface area contributed by atoms with Gasteiger partial charge in [-0.05, 0) is 26.2 Å². The van der Waals surface area contributed by atoms with E-state index in [2.05, 4.69) is 34.4 Å². The van der Waals surface area contributed by atoms with E-state index in [1.807, 2.05) is 6.07 Å². The maximum atomic E-state index is 11.1. The maximum absolute atomic E-state index is 11.1. The average molecular weight is 341 g/mol. The van der Waals surface area contributed by atoms with Crippen molar-refractivity contribution in [3.63, 3.8) is 0 Å². The molecule has 1 atom stereocenters. The van der Waals surface area contributed by atoms with Gasteiger partial charge in [0, 0.05) is 36.2 Å². The van der Waals surface area contributed by atoms with Crippen LogP contribution in [0.5, 0.6) is 0 Å². The van der Waals surface area contributed by atoms with Gasteiger partial charge in [0.2, 0.25) is 5.95 Å². The van der Waals surface area contributed by atoms with Gasteiger partial charge >= 0.3 is 0 Å². The second-order valence-corrected chi connectivity index (χ2v) is 6.47. The van der Waals surface area contributed by atoms with Crippen molar-refractivity contribution in [2.24, 2.45) is 0 Å². The molecule has 0 amide bonds. The van der Waals surface area contributed by atoms with Crippen molar-refractivity contribution in [2.75, 3.05) is 10.6 Å². The summed E-state index contributed by atoms with van der Waals surface area (Å²) in [7, 11) is 0. The van der Waals surface area contributed by atoms with E-state index in [4.69, 9.17) is 0 Å². The van der Waals surface area contributed by atoms with Crippen LogP contribution in [0.25, 0.3) is 0 Å². The van der Waals surface area contributed by atoms with Crippen molar-refractivity contribution < 1.29 is 4.92 Å². The zero-order valence-corrected chi connectivity index (χ0v) is 14.5. The summed E-state index contributed by atoms with van der Waals surface area (Å²) in [5, 5.41) is 17.7.